The van der Waals surface area contributed by atoms with Gasteiger partial charge in [0.05, 0.1) is 0 Å². The highest BCUT2D eigenvalue weighted by Crippen LogP contribution is 2.21. The van der Waals surface area contributed by atoms with Gasteiger partial charge in [0.15, 0.2) is 0 Å². The van der Waals surface area contributed by atoms with E-state index in [9.17, 15) is 0 Å². The molecule has 1 atom stereocenters. The van der Waals surface area contributed by atoms with Crippen LogP contribution in [0.5, 0.6) is 0 Å². The maximum Gasteiger partial charge on any atom is 0.0343 e. The summed E-state index contributed by atoms with van der Waals surface area (Å²) in [5, 5.41) is 3.73. The van der Waals surface area contributed by atoms with Crippen molar-refractivity contribution in [2.45, 2.75) is 59.7 Å². The number of nitrogens with zero attached hydrogens (tertiary/aromatic N) is 1. The molecule has 1 rings (SSSR count). The van der Waals surface area contributed by atoms with E-state index >= 15 is 0 Å². The molecule has 2 heteroatoms. The highest BCUT2D eigenvalue weighted by Gasteiger charge is 2.17. The molecule has 0 heterocycles. The predicted octanol–water partition coefficient (Wildman–Crippen LogP) is 4.09. The van der Waals surface area contributed by atoms with Gasteiger partial charge in [-0.05, 0) is 39.2 Å². The fourth-order valence-electron chi connectivity index (χ4n) is 2.86. The van der Waals surface area contributed by atoms with E-state index in [0.29, 0.717) is 24.0 Å². The fourth-order valence-corrected chi connectivity index (χ4v) is 2.86. The summed E-state index contributed by atoms with van der Waals surface area (Å²) >= 11 is 0. The van der Waals surface area contributed by atoms with Crippen molar-refractivity contribution in [3.8, 4) is 0 Å². The summed E-state index contributed by atoms with van der Waals surface area (Å²) < 4.78 is 0. The maximum atomic E-state index is 3.73. The Kier molecular flexibility index (Phi) is 7.25. The van der Waals surface area contributed by atoms with E-state index in [4.69, 9.17) is 0 Å². The molecule has 0 bridgehead atoms. The van der Waals surface area contributed by atoms with Gasteiger partial charge in [-0.25, -0.2) is 0 Å². The Hall–Kier alpha value is -0.860. The van der Waals surface area contributed by atoms with Gasteiger partial charge in [0.25, 0.3) is 0 Å². The normalized spacial score (nSPS) is 13.7. The van der Waals surface area contributed by atoms with Crippen molar-refractivity contribution >= 4 is 0 Å². The minimum atomic E-state index is 0.442. The van der Waals surface area contributed by atoms with Crippen LogP contribution in [0.15, 0.2) is 30.3 Å². The molecule has 2 nitrogen and oxygen atoms in total. The van der Waals surface area contributed by atoms with Gasteiger partial charge < -0.3 is 5.32 Å². The Labute approximate surface area is 125 Å². The van der Waals surface area contributed by atoms with Crippen LogP contribution in [0.3, 0.4) is 0 Å². The van der Waals surface area contributed by atoms with Gasteiger partial charge in [-0.15, -0.1) is 0 Å². The topological polar surface area (TPSA) is 15.3 Å². The van der Waals surface area contributed by atoms with Gasteiger partial charge in [-0.2, -0.15) is 0 Å². The van der Waals surface area contributed by atoms with E-state index in [1.54, 1.807) is 0 Å². The minimum Gasteiger partial charge on any atom is -0.308 e. The predicted molar refractivity (Wildman–Crippen MR) is 89.0 cm³/mol. The van der Waals surface area contributed by atoms with Crippen LogP contribution in [-0.2, 0) is 0 Å². The summed E-state index contributed by atoms with van der Waals surface area (Å²) in [6.45, 7) is 15.8. The summed E-state index contributed by atoms with van der Waals surface area (Å²) in [5.74, 6) is 0.601. The molecule has 0 aromatic heterocycles. The van der Waals surface area contributed by atoms with E-state index in [1.165, 1.54) is 5.56 Å². The Morgan fingerprint density at radius 1 is 0.900 bits per heavy atom. The second-order valence-corrected chi connectivity index (χ2v) is 6.51. The lowest BCUT2D eigenvalue weighted by Crippen LogP contribution is -2.42. The van der Waals surface area contributed by atoms with Gasteiger partial charge in [0.1, 0.15) is 0 Å². The van der Waals surface area contributed by atoms with Crippen molar-refractivity contribution in [3.63, 3.8) is 0 Å². The number of hydrogen-bond acceptors (Lipinski definition) is 2. The zero-order valence-electron chi connectivity index (χ0n) is 14.1. The number of rotatable bonds is 8. The molecule has 114 valence electrons. The lowest BCUT2D eigenvalue weighted by molar-refractivity contribution is 0.172. The van der Waals surface area contributed by atoms with Crippen LogP contribution in [0.25, 0.3) is 0 Å². The summed E-state index contributed by atoms with van der Waals surface area (Å²) in [6, 6.07) is 12.4. The average molecular weight is 276 g/mol. The highest BCUT2D eigenvalue weighted by atomic mass is 15.2. The van der Waals surface area contributed by atoms with Crippen LogP contribution >= 0.6 is 0 Å². The molecule has 0 aliphatic carbocycles. The average Bonchev–Trinajstić information content (AvgIpc) is 2.38. The van der Waals surface area contributed by atoms with Gasteiger partial charge in [-0.3, -0.25) is 4.90 Å². The van der Waals surface area contributed by atoms with Gasteiger partial charge in [0.2, 0.25) is 0 Å². The van der Waals surface area contributed by atoms with Gasteiger partial charge >= 0.3 is 0 Å². The molecule has 0 aliphatic heterocycles. The molecule has 1 aromatic rings. The van der Waals surface area contributed by atoms with Gasteiger partial charge in [-0.1, -0.05) is 44.2 Å². The Balaban J connectivity index is 2.56. The maximum absolute atomic E-state index is 3.73. The molecule has 0 saturated heterocycles. The smallest absolute Gasteiger partial charge is 0.0343 e. The third kappa shape index (κ3) is 5.26. The Morgan fingerprint density at radius 3 is 1.90 bits per heavy atom. The van der Waals surface area contributed by atoms with E-state index < -0.39 is 0 Å². The molecule has 0 aliphatic rings. The standard InChI is InChI=1S/C18H32N2/c1-14(2)18(17-10-8-7-9-11-17)19-12-13-20(15(3)4)16(5)6/h7-11,14-16,18-19H,12-13H2,1-6H3. The second-order valence-electron chi connectivity index (χ2n) is 6.51. The third-order valence-corrected chi connectivity index (χ3v) is 3.89. The SMILES string of the molecule is CC(C)C(NCCN(C(C)C)C(C)C)c1ccccc1. The second kappa shape index (κ2) is 8.43. The summed E-state index contributed by atoms with van der Waals surface area (Å²) in [5.41, 5.74) is 1.39. The van der Waals surface area contributed by atoms with Crippen molar-refractivity contribution in [1.29, 1.82) is 0 Å². The molecule has 0 radical (unpaired) electrons. The summed E-state index contributed by atoms with van der Waals surface area (Å²) in [4.78, 5) is 2.54. The van der Waals surface area contributed by atoms with Gasteiger partial charge in [0, 0.05) is 31.2 Å². The van der Waals surface area contributed by atoms with Crippen molar-refractivity contribution in [2.24, 2.45) is 5.92 Å². The van der Waals surface area contributed by atoms with E-state index in [2.05, 4.69) is 82.1 Å². The number of nitrogens with one attached hydrogen (secondary N) is 1. The highest BCUT2D eigenvalue weighted by molar-refractivity contribution is 5.19. The van der Waals surface area contributed by atoms with Crippen molar-refractivity contribution in [1.82, 2.24) is 10.2 Å². The molecule has 0 fully saturated rings. The molecule has 0 saturated carbocycles. The first-order chi connectivity index (χ1) is 9.43. The van der Waals surface area contributed by atoms with Crippen molar-refractivity contribution in [3.05, 3.63) is 35.9 Å². The van der Waals surface area contributed by atoms with E-state index in [1.807, 2.05) is 0 Å². The molecule has 1 unspecified atom stereocenters. The van der Waals surface area contributed by atoms with E-state index in [0.717, 1.165) is 13.1 Å². The van der Waals surface area contributed by atoms with Crippen LogP contribution in [0.2, 0.25) is 0 Å². The van der Waals surface area contributed by atoms with Crippen LogP contribution in [0.4, 0.5) is 0 Å². The zero-order chi connectivity index (χ0) is 15.1. The lowest BCUT2D eigenvalue weighted by Gasteiger charge is -2.32. The van der Waals surface area contributed by atoms with Crippen molar-refractivity contribution < 1.29 is 0 Å². The molecule has 1 aromatic carbocycles. The molecule has 0 amide bonds. The van der Waals surface area contributed by atoms with Crippen molar-refractivity contribution in [2.75, 3.05) is 13.1 Å². The first kappa shape index (κ1) is 17.2. The molecular weight excluding hydrogens is 244 g/mol. The zero-order valence-corrected chi connectivity index (χ0v) is 14.1. The largest absolute Gasteiger partial charge is 0.308 e. The van der Waals surface area contributed by atoms with E-state index in [-0.39, 0.29) is 0 Å². The summed E-state index contributed by atoms with van der Waals surface area (Å²) in [7, 11) is 0. The Morgan fingerprint density at radius 2 is 1.45 bits per heavy atom. The van der Waals surface area contributed by atoms with Crippen LogP contribution < -0.4 is 5.32 Å². The number of hydrogen-bond donors (Lipinski definition) is 1. The first-order valence-corrected chi connectivity index (χ1v) is 7.97. The minimum absolute atomic E-state index is 0.442. The Bertz CT molecular complexity index is 349. The fraction of sp³-hybridized carbons (Fsp3) is 0.667. The van der Waals surface area contributed by atoms with Crippen LogP contribution in [0.1, 0.15) is 53.1 Å². The molecule has 20 heavy (non-hydrogen) atoms. The molecule has 0 spiro atoms. The summed E-state index contributed by atoms with van der Waals surface area (Å²) in [6.07, 6.45) is 0. The third-order valence-electron chi connectivity index (χ3n) is 3.89. The first-order valence-electron chi connectivity index (χ1n) is 7.97. The van der Waals surface area contributed by atoms with Crippen LogP contribution in [0, 0.1) is 5.92 Å². The molecule has 1 N–H and O–H groups in total. The quantitative estimate of drug-likeness (QED) is 0.769. The molecular formula is C18H32N2. The van der Waals surface area contributed by atoms with Crippen LogP contribution in [-0.4, -0.2) is 30.1 Å². The lowest BCUT2D eigenvalue weighted by atomic mass is 9.96. The monoisotopic (exact) mass is 276 g/mol. The number of benzene rings is 1.